The highest BCUT2D eigenvalue weighted by molar-refractivity contribution is 5.94. The number of hydrogen-bond donors (Lipinski definition) is 3. The number of aromatic hydroxyl groups is 1. The molecule has 1 amide bonds. The molecule has 16 heavy (non-hydrogen) atoms. The second-order valence-electron chi connectivity index (χ2n) is 3.95. The number of nitrogens with one attached hydrogen (secondary N) is 2. The number of carbonyl (C=O) groups is 1. The zero-order valence-electron chi connectivity index (χ0n) is 8.94. The lowest BCUT2D eigenvalue weighted by atomic mass is 10.1. The number of rotatable bonds is 2. The van der Waals surface area contributed by atoms with E-state index in [0.29, 0.717) is 5.56 Å². The van der Waals surface area contributed by atoms with Crippen molar-refractivity contribution < 1.29 is 9.90 Å². The molecule has 1 saturated heterocycles. The Bertz CT molecular complexity index is 375. The van der Waals surface area contributed by atoms with Crippen LogP contribution in [0.4, 0.5) is 0 Å². The number of carbonyl (C=O) groups excluding carboxylic acids is 1. The Labute approximate surface area is 93.9 Å². The number of piperidine rings is 1. The summed E-state index contributed by atoms with van der Waals surface area (Å²) in [6, 6.07) is 1.59. The van der Waals surface area contributed by atoms with E-state index in [9.17, 15) is 9.90 Å². The average Bonchev–Trinajstić information content (AvgIpc) is 2.30. The molecule has 0 aromatic carbocycles. The summed E-state index contributed by atoms with van der Waals surface area (Å²) in [4.78, 5) is 15.5. The van der Waals surface area contributed by atoms with Crippen LogP contribution in [-0.2, 0) is 0 Å². The standard InChI is InChI=1S/C11H15N3O2/c15-10-4-8(5-13-7-10)11(16)14-9-2-1-3-12-6-9/h4-5,7,9,12,15H,1-3,6H2,(H,14,16). The predicted octanol–water partition coefficient (Wildman–Crippen LogP) is 0.269. The van der Waals surface area contributed by atoms with E-state index in [0.717, 1.165) is 25.9 Å². The molecular formula is C11H15N3O2. The summed E-state index contributed by atoms with van der Waals surface area (Å²) < 4.78 is 0. The van der Waals surface area contributed by atoms with Gasteiger partial charge in [0.2, 0.25) is 0 Å². The smallest absolute Gasteiger partial charge is 0.253 e. The lowest BCUT2D eigenvalue weighted by molar-refractivity contribution is 0.0930. The molecule has 5 nitrogen and oxygen atoms in total. The summed E-state index contributed by atoms with van der Waals surface area (Å²) in [6.07, 6.45) is 4.82. The minimum atomic E-state index is -0.183. The second-order valence-corrected chi connectivity index (χ2v) is 3.95. The Hall–Kier alpha value is -1.62. The lowest BCUT2D eigenvalue weighted by Crippen LogP contribution is -2.45. The monoisotopic (exact) mass is 221 g/mol. The molecule has 0 bridgehead atoms. The SMILES string of the molecule is O=C(NC1CCCNC1)c1cncc(O)c1. The van der Waals surface area contributed by atoms with E-state index < -0.39 is 0 Å². The van der Waals surface area contributed by atoms with Gasteiger partial charge in [0.1, 0.15) is 5.75 Å². The normalized spacial score (nSPS) is 20.4. The molecule has 1 aliphatic heterocycles. The second kappa shape index (κ2) is 4.94. The van der Waals surface area contributed by atoms with Crippen LogP contribution in [0.5, 0.6) is 5.75 Å². The van der Waals surface area contributed by atoms with E-state index in [4.69, 9.17) is 0 Å². The summed E-state index contributed by atoms with van der Waals surface area (Å²) in [5, 5.41) is 15.3. The first-order chi connectivity index (χ1) is 7.75. The molecule has 0 radical (unpaired) electrons. The van der Waals surface area contributed by atoms with Crippen LogP contribution in [0.15, 0.2) is 18.5 Å². The van der Waals surface area contributed by atoms with Gasteiger partial charge in [0.15, 0.2) is 0 Å². The van der Waals surface area contributed by atoms with E-state index in [-0.39, 0.29) is 17.7 Å². The van der Waals surface area contributed by atoms with Crippen LogP contribution in [0.2, 0.25) is 0 Å². The number of nitrogens with zero attached hydrogens (tertiary/aromatic N) is 1. The van der Waals surface area contributed by atoms with Crippen LogP contribution >= 0.6 is 0 Å². The van der Waals surface area contributed by atoms with Crippen molar-refractivity contribution in [3.63, 3.8) is 0 Å². The average molecular weight is 221 g/mol. The summed E-state index contributed by atoms with van der Waals surface area (Å²) in [6.45, 7) is 1.82. The fourth-order valence-corrected chi connectivity index (χ4v) is 1.80. The fraction of sp³-hybridized carbons (Fsp3) is 0.455. The van der Waals surface area contributed by atoms with Crippen molar-refractivity contribution in [3.8, 4) is 5.75 Å². The van der Waals surface area contributed by atoms with E-state index >= 15 is 0 Å². The van der Waals surface area contributed by atoms with Gasteiger partial charge in [0, 0.05) is 18.8 Å². The third kappa shape index (κ3) is 2.70. The van der Waals surface area contributed by atoms with Crippen molar-refractivity contribution in [2.75, 3.05) is 13.1 Å². The van der Waals surface area contributed by atoms with Gasteiger partial charge in [0.25, 0.3) is 5.91 Å². The quantitative estimate of drug-likeness (QED) is 0.670. The highest BCUT2D eigenvalue weighted by Gasteiger charge is 2.16. The van der Waals surface area contributed by atoms with Gasteiger partial charge in [-0.05, 0) is 25.5 Å². The Morgan fingerprint density at radius 3 is 3.12 bits per heavy atom. The number of amides is 1. The lowest BCUT2D eigenvalue weighted by Gasteiger charge is -2.23. The molecule has 1 fully saturated rings. The fourth-order valence-electron chi connectivity index (χ4n) is 1.80. The molecule has 5 heteroatoms. The highest BCUT2D eigenvalue weighted by Crippen LogP contribution is 2.09. The molecule has 3 N–H and O–H groups in total. The molecule has 0 saturated carbocycles. The molecule has 1 atom stereocenters. The molecule has 86 valence electrons. The van der Waals surface area contributed by atoms with Crippen molar-refractivity contribution in [1.29, 1.82) is 0 Å². The summed E-state index contributed by atoms with van der Waals surface area (Å²) in [7, 11) is 0. The van der Waals surface area contributed by atoms with Crippen LogP contribution in [0.25, 0.3) is 0 Å². The van der Waals surface area contributed by atoms with Crippen molar-refractivity contribution in [3.05, 3.63) is 24.0 Å². The maximum atomic E-state index is 11.8. The summed E-state index contributed by atoms with van der Waals surface area (Å²) in [5.41, 5.74) is 0.394. The molecular weight excluding hydrogens is 206 g/mol. The van der Waals surface area contributed by atoms with Crippen molar-refractivity contribution in [2.45, 2.75) is 18.9 Å². The summed E-state index contributed by atoms with van der Waals surface area (Å²) in [5.74, 6) is -0.175. The van der Waals surface area contributed by atoms with Gasteiger partial charge in [-0.25, -0.2) is 0 Å². The highest BCUT2D eigenvalue weighted by atomic mass is 16.3. The molecule has 2 rings (SSSR count). The summed E-state index contributed by atoms with van der Waals surface area (Å²) >= 11 is 0. The van der Waals surface area contributed by atoms with Gasteiger partial charge in [-0.1, -0.05) is 0 Å². The first-order valence-electron chi connectivity index (χ1n) is 5.41. The Morgan fingerprint density at radius 2 is 2.44 bits per heavy atom. The van der Waals surface area contributed by atoms with Crippen LogP contribution in [-0.4, -0.2) is 35.1 Å². The topological polar surface area (TPSA) is 74.2 Å². The maximum Gasteiger partial charge on any atom is 0.253 e. The van der Waals surface area contributed by atoms with Gasteiger partial charge in [-0.3, -0.25) is 9.78 Å². The predicted molar refractivity (Wildman–Crippen MR) is 59.3 cm³/mol. The molecule has 0 spiro atoms. The number of hydrogen-bond acceptors (Lipinski definition) is 4. The van der Waals surface area contributed by atoms with Crippen molar-refractivity contribution in [2.24, 2.45) is 0 Å². The molecule has 1 aromatic heterocycles. The van der Waals surface area contributed by atoms with Gasteiger partial charge in [-0.2, -0.15) is 0 Å². The first kappa shape index (κ1) is 10.9. The minimum Gasteiger partial charge on any atom is -0.506 e. The Kier molecular flexibility index (Phi) is 3.36. The zero-order valence-corrected chi connectivity index (χ0v) is 8.94. The Balaban J connectivity index is 1.97. The van der Waals surface area contributed by atoms with E-state index in [1.54, 1.807) is 0 Å². The van der Waals surface area contributed by atoms with Crippen LogP contribution in [0.1, 0.15) is 23.2 Å². The van der Waals surface area contributed by atoms with E-state index in [1.807, 2.05) is 0 Å². The number of aromatic nitrogens is 1. The minimum absolute atomic E-state index is 0.00872. The maximum absolute atomic E-state index is 11.8. The molecule has 2 heterocycles. The van der Waals surface area contributed by atoms with E-state index in [1.165, 1.54) is 18.5 Å². The van der Waals surface area contributed by atoms with Crippen LogP contribution < -0.4 is 10.6 Å². The Morgan fingerprint density at radius 1 is 1.56 bits per heavy atom. The first-order valence-corrected chi connectivity index (χ1v) is 5.41. The van der Waals surface area contributed by atoms with E-state index in [2.05, 4.69) is 15.6 Å². The molecule has 1 unspecified atom stereocenters. The van der Waals surface area contributed by atoms with Gasteiger partial charge in [0.05, 0.1) is 11.8 Å². The van der Waals surface area contributed by atoms with Gasteiger partial charge < -0.3 is 15.7 Å². The van der Waals surface area contributed by atoms with Gasteiger partial charge >= 0.3 is 0 Å². The number of pyridine rings is 1. The molecule has 0 aliphatic carbocycles. The molecule has 1 aromatic rings. The largest absolute Gasteiger partial charge is 0.506 e. The third-order valence-electron chi connectivity index (χ3n) is 2.62. The molecule has 1 aliphatic rings. The van der Waals surface area contributed by atoms with Crippen molar-refractivity contribution in [1.82, 2.24) is 15.6 Å². The van der Waals surface area contributed by atoms with Crippen LogP contribution in [0.3, 0.4) is 0 Å². The van der Waals surface area contributed by atoms with Crippen LogP contribution in [0, 0.1) is 0 Å². The van der Waals surface area contributed by atoms with Gasteiger partial charge in [-0.15, -0.1) is 0 Å². The zero-order chi connectivity index (χ0) is 11.4. The third-order valence-corrected chi connectivity index (χ3v) is 2.62. The van der Waals surface area contributed by atoms with Crippen molar-refractivity contribution >= 4 is 5.91 Å².